The molecule has 0 aliphatic rings. The molecule has 0 aliphatic heterocycles. The number of thiophene rings is 1. The summed E-state index contributed by atoms with van der Waals surface area (Å²) in [6.07, 6.45) is 4.96. The minimum atomic E-state index is -0.786. The lowest BCUT2D eigenvalue weighted by Gasteiger charge is -2.06. The zero-order chi connectivity index (χ0) is 23.5. The number of nitroso groups, excluding NO2 is 1. The molecular weight excluding hydrogens is 461 g/mol. The van der Waals surface area contributed by atoms with Gasteiger partial charge in [-0.3, -0.25) is 9.79 Å². The van der Waals surface area contributed by atoms with Crippen molar-refractivity contribution in [2.24, 2.45) is 10.2 Å². The van der Waals surface area contributed by atoms with Crippen molar-refractivity contribution in [3.05, 3.63) is 82.6 Å². The van der Waals surface area contributed by atoms with Crippen LogP contribution in [0.2, 0.25) is 0 Å². The van der Waals surface area contributed by atoms with Gasteiger partial charge in [0.05, 0.1) is 0 Å². The molecule has 33 heavy (non-hydrogen) atoms. The molecule has 4 aromatic rings. The van der Waals surface area contributed by atoms with Crippen LogP contribution in [0.4, 0.5) is 4.39 Å². The molecule has 0 bridgehead atoms. The zero-order valence-corrected chi connectivity index (χ0v) is 19.3. The predicted molar refractivity (Wildman–Crippen MR) is 136 cm³/mol. The molecule has 0 atom stereocenters. The van der Waals surface area contributed by atoms with E-state index in [4.69, 9.17) is 11.6 Å². The quantitative estimate of drug-likeness (QED) is 0.161. The molecule has 0 fully saturated rings. The number of aliphatic imine (C=N–C) groups is 1. The predicted octanol–water partition coefficient (Wildman–Crippen LogP) is 7.10. The number of hydrogen-bond donors (Lipinski definition) is 0. The van der Waals surface area contributed by atoms with E-state index in [0.717, 1.165) is 38.0 Å². The van der Waals surface area contributed by atoms with Crippen molar-refractivity contribution in [2.45, 2.75) is 13.5 Å². The molecule has 8 heteroatoms. The fraction of sp³-hybridized carbons (Fsp3) is 0.120. The van der Waals surface area contributed by atoms with E-state index in [0.29, 0.717) is 16.8 Å². The van der Waals surface area contributed by atoms with Crippen molar-refractivity contribution >= 4 is 61.6 Å². The second kappa shape index (κ2) is 9.60. The van der Waals surface area contributed by atoms with Gasteiger partial charge in [-0.1, -0.05) is 18.7 Å². The van der Waals surface area contributed by atoms with Gasteiger partial charge in [0.15, 0.2) is 0 Å². The Labute approximate surface area is 198 Å². The molecule has 0 saturated carbocycles. The number of amides is 1. The zero-order valence-electron chi connectivity index (χ0n) is 17.7. The molecule has 1 amide bonds. The van der Waals surface area contributed by atoms with Crippen molar-refractivity contribution in [1.29, 1.82) is 0 Å². The Morgan fingerprint density at radius 2 is 2.06 bits per heavy atom. The number of hydrogen-bond acceptors (Lipinski definition) is 4. The number of carbonyl (C=O) groups excluding carboxylic acids is 1. The van der Waals surface area contributed by atoms with Crippen LogP contribution in [0, 0.1) is 17.6 Å². The molecule has 0 aliphatic carbocycles. The summed E-state index contributed by atoms with van der Waals surface area (Å²) in [5.74, 6) is -0.830. The van der Waals surface area contributed by atoms with E-state index < -0.39 is 5.91 Å². The smallest absolute Gasteiger partial charge is 0.305 e. The van der Waals surface area contributed by atoms with E-state index in [9.17, 15) is 14.1 Å². The summed E-state index contributed by atoms with van der Waals surface area (Å²) < 4.78 is 16.9. The Morgan fingerprint density at radius 3 is 2.79 bits per heavy atom. The highest BCUT2D eigenvalue weighted by Crippen LogP contribution is 2.42. The summed E-state index contributed by atoms with van der Waals surface area (Å²) in [5, 5.41) is 6.22. The third-order valence-electron chi connectivity index (χ3n) is 5.51. The Morgan fingerprint density at radius 1 is 1.24 bits per heavy atom. The summed E-state index contributed by atoms with van der Waals surface area (Å²) >= 11 is 7.71. The lowest BCUT2D eigenvalue weighted by Crippen LogP contribution is -2.08. The monoisotopic (exact) mass is 479 g/mol. The van der Waals surface area contributed by atoms with Crippen LogP contribution >= 0.6 is 22.9 Å². The van der Waals surface area contributed by atoms with Crippen molar-refractivity contribution in [2.75, 3.05) is 5.88 Å². The van der Waals surface area contributed by atoms with Crippen molar-refractivity contribution in [3.8, 4) is 11.1 Å². The molecule has 0 N–H and O–H groups in total. The third kappa shape index (κ3) is 4.29. The van der Waals surface area contributed by atoms with Crippen LogP contribution in [-0.4, -0.2) is 22.6 Å². The second-order valence-electron chi connectivity index (χ2n) is 7.36. The molecule has 0 saturated heterocycles. The number of nitrogens with zero attached hydrogens (tertiary/aromatic N) is 3. The lowest BCUT2D eigenvalue weighted by atomic mass is 9.99. The van der Waals surface area contributed by atoms with Gasteiger partial charge in [0.1, 0.15) is 12.4 Å². The topological polar surface area (TPSA) is 63.8 Å². The van der Waals surface area contributed by atoms with E-state index in [1.807, 2.05) is 30.5 Å². The number of carbonyl (C=O) groups is 1. The largest absolute Gasteiger partial charge is 0.335 e. The molecular formula is C25H19ClFN3O2S. The van der Waals surface area contributed by atoms with Gasteiger partial charge in [-0.2, -0.15) is 0 Å². The van der Waals surface area contributed by atoms with E-state index >= 15 is 0 Å². The van der Waals surface area contributed by atoms with Gasteiger partial charge in [-0.15, -0.1) is 27.8 Å². The number of fused-ring (bicyclic) bond motifs is 2. The van der Waals surface area contributed by atoms with Crippen molar-refractivity contribution < 1.29 is 9.18 Å². The Kier molecular flexibility index (Phi) is 6.62. The summed E-state index contributed by atoms with van der Waals surface area (Å²) in [6.45, 7) is 5.22. The van der Waals surface area contributed by atoms with Gasteiger partial charge in [0, 0.05) is 61.3 Å². The minimum absolute atomic E-state index is 0.195. The highest BCUT2D eigenvalue weighted by molar-refractivity contribution is 7.17. The number of alkyl halides is 1. The second-order valence-corrected chi connectivity index (χ2v) is 8.54. The van der Waals surface area contributed by atoms with Gasteiger partial charge >= 0.3 is 5.91 Å². The van der Waals surface area contributed by atoms with Gasteiger partial charge in [-0.05, 0) is 53.8 Å². The fourth-order valence-corrected chi connectivity index (χ4v) is 5.23. The van der Waals surface area contributed by atoms with Gasteiger partial charge in [0.2, 0.25) is 0 Å². The Bertz CT molecular complexity index is 1470. The van der Waals surface area contributed by atoms with E-state index in [2.05, 4.69) is 22.8 Å². The van der Waals surface area contributed by atoms with Crippen molar-refractivity contribution in [3.63, 3.8) is 0 Å². The van der Waals surface area contributed by atoms with E-state index in [1.165, 1.54) is 18.3 Å². The molecule has 0 spiro atoms. The first kappa shape index (κ1) is 22.8. The molecule has 2 aromatic heterocycles. The number of aromatic nitrogens is 1. The normalized spacial score (nSPS) is 12.2. The Balaban J connectivity index is 1.89. The summed E-state index contributed by atoms with van der Waals surface area (Å²) in [5.41, 5.74) is 5.10. The standard InChI is InChI=1S/C25H19ClFN3O2S/c1-3-28-9-8-17(12-26)16-4-6-19-21(14-33-23(19)10-16)25-15(2)30(13-24(31)29-32)22-7-5-18(27)11-20(22)25/h3-11,14H,1,12-13H2,2H3/b17-8+,28-9?. The first-order chi connectivity index (χ1) is 16.0. The van der Waals surface area contributed by atoms with Crippen LogP contribution in [-0.2, 0) is 11.3 Å². The SMILES string of the molecule is C=CN=C/C=C(\CCl)c1ccc2c(-c3c(C)n(CC(=O)N=O)c4ccc(F)cc34)csc2c1. The summed E-state index contributed by atoms with van der Waals surface area (Å²) in [4.78, 5) is 26.5. The molecule has 0 radical (unpaired) electrons. The molecule has 2 aromatic carbocycles. The van der Waals surface area contributed by atoms with Gasteiger partial charge in [-0.25, -0.2) is 4.39 Å². The van der Waals surface area contributed by atoms with E-state index in [-0.39, 0.29) is 12.4 Å². The van der Waals surface area contributed by atoms with E-state index in [1.54, 1.807) is 28.2 Å². The molecule has 2 heterocycles. The van der Waals surface area contributed by atoms with Crippen LogP contribution in [0.1, 0.15) is 11.3 Å². The number of halogens is 2. The maximum atomic E-state index is 14.2. The maximum absolute atomic E-state index is 14.2. The molecule has 4 rings (SSSR count). The number of benzene rings is 2. The summed E-state index contributed by atoms with van der Waals surface area (Å²) in [6, 6.07) is 10.5. The van der Waals surface area contributed by atoms with Crippen LogP contribution in [0.15, 0.2) is 70.8 Å². The molecule has 0 unspecified atom stereocenters. The van der Waals surface area contributed by atoms with Crippen LogP contribution in [0.25, 0.3) is 37.7 Å². The van der Waals surface area contributed by atoms with Crippen molar-refractivity contribution in [1.82, 2.24) is 4.57 Å². The maximum Gasteiger partial charge on any atom is 0.305 e. The number of allylic oxidation sites excluding steroid dienone is 2. The average Bonchev–Trinajstić information content (AvgIpc) is 3.34. The van der Waals surface area contributed by atoms with Gasteiger partial charge in [0.25, 0.3) is 0 Å². The molecule has 166 valence electrons. The number of rotatable bonds is 7. The average molecular weight is 480 g/mol. The third-order valence-corrected chi connectivity index (χ3v) is 6.74. The summed E-state index contributed by atoms with van der Waals surface area (Å²) in [7, 11) is 0. The van der Waals surface area contributed by atoms with Crippen LogP contribution in [0.3, 0.4) is 0 Å². The first-order valence-corrected chi connectivity index (χ1v) is 11.5. The fourth-order valence-electron chi connectivity index (χ4n) is 4.00. The van der Waals surface area contributed by atoms with Crippen LogP contribution < -0.4 is 0 Å². The van der Waals surface area contributed by atoms with Crippen LogP contribution in [0.5, 0.6) is 0 Å². The highest BCUT2D eigenvalue weighted by atomic mass is 35.5. The molecule has 5 nitrogen and oxygen atoms in total. The minimum Gasteiger partial charge on any atom is -0.335 e. The lowest BCUT2D eigenvalue weighted by molar-refractivity contribution is -0.118. The Hall–Kier alpha value is -3.42. The highest BCUT2D eigenvalue weighted by Gasteiger charge is 2.20. The van der Waals surface area contributed by atoms with Gasteiger partial charge < -0.3 is 4.57 Å². The first-order valence-electron chi connectivity index (χ1n) is 10.0.